The van der Waals surface area contributed by atoms with Crippen molar-refractivity contribution in [1.82, 2.24) is 4.31 Å². The Kier molecular flexibility index (Phi) is 3.65. The number of benzene rings is 2. The highest BCUT2D eigenvalue weighted by Crippen LogP contribution is 2.31. The highest BCUT2D eigenvalue weighted by atomic mass is 32.2. The smallest absolute Gasteiger partial charge is 0.367 e. The van der Waals surface area contributed by atoms with Gasteiger partial charge in [-0.15, -0.1) is 0 Å². The van der Waals surface area contributed by atoms with Crippen LogP contribution in [0.25, 0.3) is 11.1 Å². The summed E-state index contributed by atoms with van der Waals surface area (Å²) >= 11 is 0. The van der Waals surface area contributed by atoms with Gasteiger partial charge in [-0.3, -0.25) is 0 Å². The SMILES string of the molecule is O=S(=O)(Oc1ccc(-c2ccccc2)cc1)N1C=C[C@H]2C=C[C@@H]1C2. The van der Waals surface area contributed by atoms with Crippen LogP contribution in [0.4, 0.5) is 0 Å². The summed E-state index contributed by atoms with van der Waals surface area (Å²) in [6.07, 6.45) is 8.23. The van der Waals surface area contributed by atoms with Gasteiger partial charge in [0, 0.05) is 6.20 Å². The predicted molar refractivity (Wildman–Crippen MR) is 93.4 cm³/mol. The third-order valence-electron chi connectivity index (χ3n) is 4.32. The standard InChI is InChI=1S/C19H17NO3S/c21-24(22,20-13-12-15-6-9-18(20)14-15)23-19-10-7-17(8-11-19)16-4-2-1-3-5-16/h1-13,15,18H,14H2/t15-,18-/m1/s1. The summed E-state index contributed by atoms with van der Waals surface area (Å²) in [6.45, 7) is 0. The second-order valence-corrected chi connectivity index (χ2v) is 7.40. The molecule has 0 saturated heterocycles. The molecule has 0 amide bonds. The lowest BCUT2D eigenvalue weighted by Gasteiger charge is -2.28. The molecule has 2 aromatic rings. The first kappa shape index (κ1) is 15.0. The van der Waals surface area contributed by atoms with Crippen molar-refractivity contribution in [3.05, 3.63) is 79.0 Å². The first-order chi connectivity index (χ1) is 11.6. The van der Waals surface area contributed by atoms with Gasteiger partial charge in [0.15, 0.2) is 0 Å². The molecule has 1 aliphatic heterocycles. The van der Waals surface area contributed by atoms with Crippen LogP contribution in [-0.2, 0) is 10.3 Å². The normalized spacial score (nSPS) is 21.9. The fourth-order valence-corrected chi connectivity index (χ4v) is 4.23. The number of fused-ring (bicyclic) bond motifs is 2. The van der Waals surface area contributed by atoms with Gasteiger partial charge in [-0.2, -0.15) is 8.42 Å². The molecule has 0 saturated carbocycles. The van der Waals surface area contributed by atoms with Crippen molar-refractivity contribution >= 4 is 10.3 Å². The molecule has 4 rings (SSSR count). The molecule has 0 unspecified atom stereocenters. The van der Waals surface area contributed by atoms with E-state index in [-0.39, 0.29) is 6.04 Å². The van der Waals surface area contributed by atoms with Gasteiger partial charge in [-0.05, 0) is 35.6 Å². The third-order valence-corrected chi connectivity index (χ3v) is 5.63. The van der Waals surface area contributed by atoms with Gasteiger partial charge in [0.25, 0.3) is 0 Å². The zero-order valence-corrected chi connectivity index (χ0v) is 13.8. The third kappa shape index (κ3) is 2.83. The summed E-state index contributed by atoms with van der Waals surface area (Å²) in [6, 6.07) is 16.8. The van der Waals surface area contributed by atoms with Crippen LogP contribution in [0.15, 0.2) is 79.0 Å². The number of allylic oxidation sites excluding steroid dienone is 2. The van der Waals surface area contributed by atoms with Crippen LogP contribution >= 0.6 is 0 Å². The summed E-state index contributed by atoms with van der Waals surface area (Å²) < 4.78 is 31.6. The van der Waals surface area contributed by atoms with Crippen molar-refractivity contribution in [2.24, 2.45) is 5.92 Å². The maximum atomic E-state index is 12.5. The van der Waals surface area contributed by atoms with Gasteiger partial charge in [0.05, 0.1) is 6.04 Å². The molecule has 0 radical (unpaired) electrons. The zero-order chi connectivity index (χ0) is 16.6. The number of hydrogen-bond acceptors (Lipinski definition) is 3. The van der Waals surface area contributed by atoms with E-state index in [1.165, 1.54) is 4.31 Å². The Morgan fingerprint density at radius 2 is 1.58 bits per heavy atom. The lowest BCUT2D eigenvalue weighted by molar-refractivity contribution is 0.360. The van der Waals surface area contributed by atoms with E-state index in [0.717, 1.165) is 17.5 Å². The number of rotatable bonds is 4. The summed E-state index contributed by atoms with van der Waals surface area (Å²) in [5.74, 6) is 0.652. The molecular weight excluding hydrogens is 322 g/mol. The Bertz CT molecular complexity index is 886. The molecular formula is C19H17NO3S. The van der Waals surface area contributed by atoms with Crippen molar-refractivity contribution < 1.29 is 12.6 Å². The Labute approximate surface area is 141 Å². The minimum atomic E-state index is -3.85. The molecule has 0 aromatic heterocycles. The second kappa shape index (κ2) is 5.83. The Morgan fingerprint density at radius 1 is 0.875 bits per heavy atom. The minimum Gasteiger partial charge on any atom is -0.367 e. The molecule has 122 valence electrons. The highest BCUT2D eigenvalue weighted by Gasteiger charge is 2.34. The van der Waals surface area contributed by atoms with Crippen LogP contribution in [0.1, 0.15) is 6.42 Å². The summed E-state index contributed by atoms with van der Waals surface area (Å²) in [5.41, 5.74) is 2.09. The van der Waals surface area contributed by atoms with Crippen LogP contribution in [-0.4, -0.2) is 18.8 Å². The quantitative estimate of drug-likeness (QED) is 0.797. The topological polar surface area (TPSA) is 46.6 Å². The van der Waals surface area contributed by atoms with Crippen molar-refractivity contribution in [3.8, 4) is 16.9 Å². The van der Waals surface area contributed by atoms with Gasteiger partial charge in [0.2, 0.25) is 0 Å². The van der Waals surface area contributed by atoms with Crippen LogP contribution in [0, 0.1) is 5.92 Å². The zero-order valence-electron chi connectivity index (χ0n) is 12.9. The van der Waals surface area contributed by atoms with E-state index in [2.05, 4.69) is 0 Å². The summed E-state index contributed by atoms with van der Waals surface area (Å²) in [4.78, 5) is 0. The first-order valence-electron chi connectivity index (χ1n) is 7.87. The average Bonchev–Trinajstić information content (AvgIpc) is 2.96. The second-order valence-electron chi connectivity index (χ2n) is 5.95. The minimum absolute atomic E-state index is 0.145. The lowest BCUT2D eigenvalue weighted by atomic mass is 10.1. The van der Waals surface area contributed by atoms with Crippen molar-refractivity contribution in [1.29, 1.82) is 0 Å². The van der Waals surface area contributed by atoms with Gasteiger partial charge in [0.1, 0.15) is 5.75 Å². The summed E-state index contributed by atoms with van der Waals surface area (Å²) in [7, 11) is -3.85. The van der Waals surface area contributed by atoms with Crippen LogP contribution in [0.3, 0.4) is 0 Å². The van der Waals surface area contributed by atoms with Gasteiger partial charge in [-0.25, -0.2) is 4.31 Å². The Hall–Kier alpha value is -2.53. The highest BCUT2D eigenvalue weighted by molar-refractivity contribution is 7.84. The lowest BCUT2D eigenvalue weighted by Crippen LogP contribution is -2.38. The summed E-state index contributed by atoms with van der Waals surface area (Å²) in [5, 5.41) is 0. The monoisotopic (exact) mass is 339 g/mol. The van der Waals surface area contributed by atoms with Crippen molar-refractivity contribution in [2.75, 3.05) is 0 Å². The molecule has 2 atom stereocenters. The van der Waals surface area contributed by atoms with Crippen molar-refractivity contribution in [2.45, 2.75) is 12.5 Å². The van der Waals surface area contributed by atoms with Crippen molar-refractivity contribution in [3.63, 3.8) is 0 Å². The molecule has 2 aliphatic rings. The van der Waals surface area contributed by atoms with E-state index in [4.69, 9.17) is 4.18 Å². The molecule has 2 bridgehead atoms. The van der Waals surface area contributed by atoms with Crippen LogP contribution in [0.2, 0.25) is 0 Å². The maximum absolute atomic E-state index is 12.5. The molecule has 24 heavy (non-hydrogen) atoms. The van der Waals surface area contributed by atoms with E-state index < -0.39 is 10.3 Å². The largest absolute Gasteiger partial charge is 0.410 e. The van der Waals surface area contributed by atoms with Gasteiger partial charge < -0.3 is 4.18 Å². The fraction of sp³-hybridized carbons (Fsp3) is 0.158. The van der Waals surface area contributed by atoms with E-state index in [1.54, 1.807) is 18.3 Å². The first-order valence-corrected chi connectivity index (χ1v) is 9.23. The van der Waals surface area contributed by atoms with Gasteiger partial charge >= 0.3 is 10.3 Å². The fourth-order valence-electron chi connectivity index (χ4n) is 3.08. The number of hydrogen-bond donors (Lipinski definition) is 0. The van der Waals surface area contributed by atoms with E-state index >= 15 is 0 Å². The molecule has 1 heterocycles. The molecule has 5 heteroatoms. The average molecular weight is 339 g/mol. The number of nitrogens with zero attached hydrogens (tertiary/aromatic N) is 1. The molecule has 2 aromatic carbocycles. The van der Waals surface area contributed by atoms with Gasteiger partial charge in [-0.1, -0.05) is 60.7 Å². The predicted octanol–water partition coefficient (Wildman–Crippen LogP) is 3.75. The van der Waals surface area contributed by atoms with Crippen LogP contribution in [0.5, 0.6) is 5.75 Å². The molecule has 4 nitrogen and oxygen atoms in total. The Balaban J connectivity index is 1.54. The van der Waals surface area contributed by atoms with E-state index in [0.29, 0.717) is 11.7 Å². The molecule has 0 N–H and O–H groups in total. The molecule has 0 spiro atoms. The van der Waals surface area contributed by atoms with E-state index in [9.17, 15) is 8.42 Å². The maximum Gasteiger partial charge on any atom is 0.410 e. The molecule has 0 fully saturated rings. The molecule has 1 aliphatic carbocycles. The van der Waals surface area contributed by atoms with Crippen LogP contribution < -0.4 is 4.18 Å². The van der Waals surface area contributed by atoms with E-state index in [1.807, 2.05) is 60.7 Å². The Morgan fingerprint density at radius 3 is 2.33 bits per heavy atom.